The summed E-state index contributed by atoms with van der Waals surface area (Å²) < 4.78 is 0. The molecule has 3 heteroatoms. The van der Waals surface area contributed by atoms with Gasteiger partial charge >= 0.3 is 5.97 Å². The van der Waals surface area contributed by atoms with Gasteiger partial charge in [0.25, 0.3) is 0 Å². The second kappa shape index (κ2) is 8.11. The van der Waals surface area contributed by atoms with Crippen LogP contribution in [0, 0.1) is 33.5 Å². The number of carboxylic acid groups (broad SMARTS) is 1. The van der Waals surface area contributed by atoms with Crippen LogP contribution in [0.15, 0.2) is 34.4 Å². The number of aliphatic carboxylic acids is 1. The van der Waals surface area contributed by atoms with Gasteiger partial charge in [-0.25, -0.2) is 4.79 Å². The van der Waals surface area contributed by atoms with Crippen LogP contribution >= 0.6 is 0 Å². The molecule has 6 unspecified atom stereocenters. The Morgan fingerprint density at radius 2 is 1.85 bits per heavy atom. The van der Waals surface area contributed by atoms with Gasteiger partial charge in [0.15, 0.2) is 0 Å². The lowest BCUT2D eigenvalue weighted by Crippen LogP contribution is -2.53. The van der Waals surface area contributed by atoms with Crippen LogP contribution in [0.1, 0.15) is 106 Å². The molecule has 0 bridgehead atoms. The Hall–Kier alpha value is -1.35. The Balaban J connectivity index is 1.60. The maximum Gasteiger partial charge on any atom is 0.330 e. The van der Waals surface area contributed by atoms with Crippen molar-refractivity contribution in [3.05, 3.63) is 34.4 Å². The largest absolute Gasteiger partial charge is 0.478 e. The Morgan fingerprint density at radius 3 is 2.52 bits per heavy atom. The highest BCUT2D eigenvalue weighted by molar-refractivity contribution is 5.85. The summed E-state index contributed by atoms with van der Waals surface area (Å²) in [6, 6.07) is 0. The molecule has 184 valence electrons. The molecule has 0 saturated heterocycles. The summed E-state index contributed by atoms with van der Waals surface area (Å²) in [7, 11) is 0. The Bertz CT molecular complexity index is 921. The van der Waals surface area contributed by atoms with Crippen molar-refractivity contribution < 1.29 is 15.0 Å². The third-order valence-electron chi connectivity index (χ3n) is 11.5. The van der Waals surface area contributed by atoms with Gasteiger partial charge in [-0.15, -0.1) is 0 Å². The summed E-state index contributed by atoms with van der Waals surface area (Å²) in [5.41, 5.74) is 6.12. The SMILES string of the molecule is CC(=CCCC(C)C1(C)CC=C2C3=C(CCC21C)C1(C)CCC(O)C(C)(C)C1CC3)C(=O)O. The monoisotopic (exact) mass is 454 g/mol. The van der Waals surface area contributed by atoms with Crippen molar-refractivity contribution in [2.24, 2.45) is 33.5 Å². The van der Waals surface area contributed by atoms with Crippen LogP contribution in [0.5, 0.6) is 0 Å². The van der Waals surface area contributed by atoms with Crippen LogP contribution in [-0.2, 0) is 4.79 Å². The number of carboxylic acids is 1. The number of aliphatic hydroxyl groups is 1. The van der Waals surface area contributed by atoms with Gasteiger partial charge < -0.3 is 10.2 Å². The van der Waals surface area contributed by atoms with Gasteiger partial charge in [-0.3, -0.25) is 0 Å². The molecule has 33 heavy (non-hydrogen) atoms. The van der Waals surface area contributed by atoms with E-state index in [2.05, 4.69) is 47.6 Å². The fraction of sp³-hybridized carbons (Fsp3) is 0.767. The predicted molar refractivity (Wildman–Crippen MR) is 135 cm³/mol. The summed E-state index contributed by atoms with van der Waals surface area (Å²) >= 11 is 0. The normalized spacial score (nSPS) is 41.1. The number of hydrogen-bond acceptors (Lipinski definition) is 2. The molecule has 4 aliphatic rings. The molecule has 0 radical (unpaired) electrons. The Kier molecular flexibility index (Phi) is 6.08. The van der Waals surface area contributed by atoms with Crippen molar-refractivity contribution in [2.45, 2.75) is 112 Å². The number of hydrogen-bond donors (Lipinski definition) is 2. The van der Waals surface area contributed by atoms with E-state index in [9.17, 15) is 9.90 Å². The van der Waals surface area contributed by atoms with Crippen LogP contribution in [0.4, 0.5) is 0 Å². The molecule has 0 aromatic heterocycles. The molecule has 4 aliphatic carbocycles. The summed E-state index contributed by atoms with van der Waals surface area (Å²) in [6.07, 6.45) is 14.1. The lowest BCUT2D eigenvalue weighted by atomic mass is 9.45. The van der Waals surface area contributed by atoms with Gasteiger partial charge in [0.05, 0.1) is 6.10 Å². The van der Waals surface area contributed by atoms with E-state index in [0.29, 0.717) is 17.4 Å². The molecule has 2 N–H and O–H groups in total. The first-order chi connectivity index (χ1) is 15.3. The lowest BCUT2D eigenvalue weighted by molar-refractivity contribution is -0.132. The molecule has 3 nitrogen and oxygen atoms in total. The molecular formula is C30H46O3. The molecule has 1 fully saturated rings. The smallest absolute Gasteiger partial charge is 0.330 e. The third-order valence-corrected chi connectivity index (χ3v) is 11.5. The third kappa shape index (κ3) is 3.51. The van der Waals surface area contributed by atoms with Crippen molar-refractivity contribution >= 4 is 5.97 Å². The van der Waals surface area contributed by atoms with E-state index in [0.717, 1.165) is 38.5 Å². The summed E-state index contributed by atoms with van der Waals surface area (Å²) in [4.78, 5) is 11.2. The molecule has 4 rings (SSSR count). The number of fused-ring (bicyclic) bond motifs is 4. The maximum atomic E-state index is 11.2. The minimum absolute atomic E-state index is 0.0129. The van der Waals surface area contributed by atoms with Gasteiger partial charge in [-0.1, -0.05) is 59.3 Å². The van der Waals surface area contributed by atoms with Gasteiger partial charge in [0.2, 0.25) is 0 Å². The van der Waals surface area contributed by atoms with Crippen LogP contribution in [0.2, 0.25) is 0 Å². The van der Waals surface area contributed by atoms with E-state index in [4.69, 9.17) is 5.11 Å². The van der Waals surface area contributed by atoms with Crippen LogP contribution < -0.4 is 0 Å². The first-order valence-corrected chi connectivity index (χ1v) is 13.3. The zero-order chi connectivity index (χ0) is 24.4. The van der Waals surface area contributed by atoms with E-state index in [1.807, 2.05) is 6.08 Å². The fourth-order valence-corrected chi connectivity index (χ4v) is 8.63. The fourth-order valence-electron chi connectivity index (χ4n) is 8.63. The lowest BCUT2D eigenvalue weighted by Gasteiger charge is -2.60. The zero-order valence-electron chi connectivity index (χ0n) is 22.1. The highest BCUT2D eigenvalue weighted by Gasteiger charge is 2.59. The molecule has 1 saturated carbocycles. The second-order valence-corrected chi connectivity index (χ2v) is 13.1. The molecule has 0 heterocycles. The zero-order valence-corrected chi connectivity index (χ0v) is 22.1. The van der Waals surface area contributed by atoms with Gasteiger partial charge in [-0.2, -0.15) is 0 Å². The van der Waals surface area contributed by atoms with Crippen LogP contribution in [0.3, 0.4) is 0 Å². The minimum Gasteiger partial charge on any atom is -0.478 e. The van der Waals surface area contributed by atoms with Gasteiger partial charge in [0, 0.05) is 5.57 Å². The molecule has 0 aromatic rings. The predicted octanol–water partition coefficient (Wildman–Crippen LogP) is 7.46. The quantitative estimate of drug-likeness (QED) is 0.424. The first-order valence-electron chi connectivity index (χ1n) is 13.3. The summed E-state index contributed by atoms with van der Waals surface area (Å²) in [5, 5.41) is 19.9. The molecular weight excluding hydrogens is 408 g/mol. The number of allylic oxidation sites excluding steroid dienone is 5. The van der Waals surface area contributed by atoms with Crippen molar-refractivity contribution in [1.29, 1.82) is 0 Å². The highest BCUT2D eigenvalue weighted by Crippen LogP contribution is 2.69. The molecule has 6 atom stereocenters. The van der Waals surface area contributed by atoms with E-state index in [-0.39, 0.29) is 27.8 Å². The number of carbonyl (C=O) groups is 1. The second-order valence-electron chi connectivity index (χ2n) is 13.1. The van der Waals surface area contributed by atoms with E-state index < -0.39 is 5.97 Å². The maximum absolute atomic E-state index is 11.2. The van der Waals surface area contributed by atoms with Gasteiger partial charge in [0.1, 0.15) is 0 Å². The van der Waals surface area contributed by atoms with E-state index >= 15 is 0 Å². The Morgan fingerprint density at radius 1 is 1.15 bits per heavy atom. The van der Waals surface area contributed by atoms with E-state index in [1.165, 1.54) is 19.3 Å². The van der Waals surface area contributed by atoms with Crippen LogP contribution in [0.25, 0.3) is 0 Å². The standard InChI is InChI=1S/C30H46O3/c1-19(26(32)33)9-8-10-20(2)29(6)17-14-23-21-11-12-24-27(3,4)25(31)15-16-28(24,5)22(21)13-18-30(23,29)7/h9,14,20,24-25,31H,8,10-13,15-18H2,1-7H3,(H,32,33). The highest BCUT2D eigenvalue weighted by atomic mass is 16.4. The van der Waals surface area contributed by atoms with E-state index in [1.54, 1.807) is 23.6 Å². The number of aliphatic hydroxyl groups excluding tert-OH is 1. The summed E-state index contributed by atoms with van der Waals surface area (Å²) in [6.45, 7) is 16.2. The molecule has 0 spiro atoms. The van der Waals surface area contributed by atoms with Crippen molar-refractivity contribution in [2.75, 3.05) is 0 Å². The minimum atomic E-state index is -0.806. The topological polar surface area (TPSA) is 57.5 Å². The first kappa shape index (κ1) is 24.8. The van der Waals surface area contributed by atoms with Crippen molar-refractivity contribution in [3.8, 4) is 0 Å². The average Bonchev–Trinajstić information content (AvgIpc) is 3.03. The van der Waals surface area contributed by atoms with Crippen molar-refractivity contribution in [3.63, 3.8) is 0 Å². The molecule has 0 amide bonds. The van der Waals surface area contributed by atoms with Crippen molar-refractivity contribution in [1.82, 2.24) is 0 Å². The van der Waals surface area contributed by atoms with Crippen LogP contribution in [-0.4, -0.2) is 22.3 Å². The molecule has 0 aliphatic heterocycles. The average molecular weight is 455 g/mol. The molecule has 0 aromatic carbocycles. The Labute approximate surface area is 201 Å². The summed E-state index contributed by atoms with van der Waals surface area (Å²) in [5.74, 6) is 0.292. The number of rotatable bonds is 5. The van der Waals surface area contributed by atoms with Gasteiger partial charge in [-0.05, 0) is 109 Å².